The van der Waals surface area contributed by atoms with E-state index in [9.17, 15) is 39.9 Å². The summed E-state index contributed by atoms with van der Waals surface area (Å²) in [5.41, 5.74) is -0.469. The summed E-state index contributed by atoms with van der Waals surface area (Å²) in [6.45, 7) is -3.08. The van der Waals surface area contributed by atoms with Crippen molar-refractivity contribution < 1.29 is 39.9 Å². The SMILES string of the molecule is N#Cc1ccc(S(=O)(=O)N(CC(F)(F)F)c2cnc(N(CC(=O)O)S(=O)(=O)c3ccc(Cl)cc3)c3ccccc23)cc1. The van der Waals surface area contributed by atoms with E-state index in [1.165, 1.54) is 36.4 Å². The lowest BCUT2D eigenvalue weighted by Gasteiger charge is -2.28. The lowest BCUT2D eigenvalue weighted by molar-refractivity contribution is -0.135. The quantitative estimate of drug-likeness (QED) is 0.275. The Hall–Kier alpha value is -4.39. The Labute approximate surface area is 242 Å². The second-order valence-electron chi connectivity index (χ2n) is 8.64. The van der Waals surface area contributed by atoms with Crippen LogP contribution in [0.5, 0.6) is 0 Å². The number of rotatable bonds is 9. The van der Waals surface area contributed by atoms with Gasteiger partial charge in [0.15, 0.2) is 5.82 Å². The normalized spacial score (nSPS) is 12.1. The molecule has 1 N–H and O–H groups in total. The number of alkyl halides is 3. The number of aromatic nitrogens is 1. The van der Waals surface area contributed by atoms with E-state index in [-0.39, 0.29) is 30.6 Å². The van der Waals surface area contributed by atoms with Gasteiger partial charge in [-0.05, 0) is 48.5 Å². The monoisotopic (exact) mass is 638 g/mol. The Morgan fingerprint density at radius 3 is 1.93 bits per heavy atom. The average molecular weight is 639 g/mol. The molecule has 42 heavy (non-hydrogen) atoms. The third-order valence-corrected chi connectivity index (χ3v) is 9.61. The van der Waals surface area contributed by atoms with E-state index in [2.05, 4.69) is 4.98 Å². The first kappa shape index (κ1) is 30.6. The lowest BCUT2D eigenvalue weighted by Crippen LogP contribution is -2.39. The van der Waals surface area contributed by atoms with Crippen LogP contribution in [-0.4, -0.2) is 52.2 Å². The zero-order valence-electron chi connectivity index (χ0n) is 21.0. The number of carboxylic acid groups (broad SMARTS) is 1. The first-order valence-electron chi connectivity index (χ1n) is 11.6. The molecule has 0 aliphatic rings. The number of carboxylic acids is 1. The fraction of sp³-hybridized carbons (Fsp3) is 0.115. The molecule has 218 valence electrons. The molecule has 0 aliphatic heterocycles. The van der Waals surface area contributed by atoms with Gasteiger partial charge in [-0.3, -0.25) is 9.10 Å². The van der Waals surface area contributed by atoms with Gasteiger partial charge in [0.2, 0.25) is 0 Å². The van der Waals surface area contributed by atoms with Gasteiger partial charge >= 0.3 is 12.1 Å². The largest absolute Gasteiger partial charge is 0.480 e. The Balaban J connectivity index is 1.96. The maximum atomic E-state index is 13.7. The second-order valence-corrected chi connectivity index (χ2v) is 12.8. The molecule has 10 nitrogen and oxygen atoms in total. The van der Waals surface area contributed by atoms with E-state index in [1.807, 2.05) is 0 Å². The van der Waals surface area contributed by atoms with Crippen LogP contribution in [0.2, 0.25) is 5.02 Å². The smallest absolute Gasteiger partial charge is 0.407 e. The molecule has 0 saturated carbocycles. The second kappa shape index (κ2) is 11.5. The number of hydrogen-bond acceptors (Lipinski definition) is 7. The van der Waals surface area contributed by atoms with Crippen LogP contribution in [0, 0.1) is 11.3 Å². The number of pyridine rings is 1. The van der Waals surface area contributed by atoms with Crippen molar-refractivity contribution in [2.45, 2.75) is 16.0 Å². The lowest BCUT2D eigenvalue weighted by atomic mass is 10.1. The molecule has 0 aliphatic carbocycles. The van der Waals surface area contributed by atoms with Crippen molar-refractivity contribution in [1.82, 2.24) is 4.98 Å². The van der Waals surface area contributed by atoms with Gasteiger partial charge in [-0.15, -0.1) is 0 Å². The van der Waals surface area contributed by atoms with E-state index in [1.54, 1.807) is 6.07 Å². The number of halogens is 4. The maximum Gasteiger partial charge on any atom is 0.407 e. The third kappa shape index (κ3) is 6.25. The fourth-order valence-electron chi connectivity index (χ4n) is 3.98. The van der Waals surface area contributed by atoms with E-state index >= 15 is 0 Å². The summed E-state index contributed by atoms with van der Waals surface area (Å²) in [6.07, 6.45) is -4.29. The first-order chi connectivity index (χ1) is 19.6. The fourth-order valence-corrected chi connectivity index (χ4v) is 6.95. The molecule has 3 aromatic carbocycles. The molecule has 0 spiro atoms. The molecule has 0 amide bonds. The Morgan fingerprint density at radius 2 is 1.40 bits per heavy atom. The van der Waals surface area contributed by atoms with E-state index in [0.29, 0.717) is 4.31 Å². The molecule has 0 unspecified atom stereocenters. The number of anilines is 2. The summed E-state index contributed by atoms with van der Waals surface area (Å²) >= 11 is 5.85. The van der Waals surface area contributed by atoms with Crippen LogP contribution in [0.1, 0.15) is 5.56 Å². The molecule has 0 radical (unpaired) electrons. The van der Waals surface area contributed by atoms with Crippen LogP contribution in [0.25, 0.3) is 10.8 Å². The Kier molecular flexibility index (Phi) is 8.35. The highest BCUT2D eigenvalue weighted by atomic mass is 35.5. The predicted octanol–water partition coefficient (Wildman–Crippen LogP) is 4.80. The molecular formula is C26H18ClF3N4O6S2. The molecule has 0 atom stereocenters. The number of carbonyl (C=O) groups is 1. The number of nitriles is 1. The first-order valence-corrected chi connectivity index (χ1v) is 14.9. The summed E-state index contributed by atoms with van der Waals surface area (Å²) in [4.78, 5) is 14.8. The Bertz CT molecular complexity index is 1910. The summed E-state index contributed by atoms with van der Waals surface area (Å²) in [5, 5.41) is 18.4. The number of benzene rings is 3. The maximum absolute atomic E-state index is 13.7. The highest BCUT2D eigenvalue weighted by Crippen LogP contribution is 2.38. The topological polar surface area (TPSA) is 149 Å². The third-order valence-electron chi connectivity index (χ3n) is 5.83. The number of sulfonamides is 2. The summed E-state index contributed by atoms with van der Waals surface area (Å²) in [5.74, 6) is -2.03. The van der Waals surface area contributed by atoms with Crippen molar-refractivity contribution in [3.05, 3.63) is 89.6 Å². The molecule has 4 rings (SSSR count). The molecule has 0 saturated heterocycles. The minimum atomic E-state index is -5.02. The molecular weight excluding hydrogens is 621 g/mol. The Morgan fingerprint density at radius 1 is 0.881 bits per heavy atom. The van der Waals surface area contributed by atoms with Crippen LogP contribution >= 0.6 is 11.6 Å². The van der Waals surface area contributed by atoms with Crippen LogP contribution in [-0.2, 0) is 24.8 Å². The van der Waals surface area contributed by atoms with Crippen LogP contribution in [0.3, 0.4) is 0 Å². The number of aliphatic carboxylic acids is 1. The summed E-state index contributed by atoms with van der Waals surface area (Å²) in [7, 11) is -9.51. The number of hydrogen-bond donors (Lipinski definition) is 1. The van der Waals surface area contributed by atoms with Crippen LogP contribution < -0.4 is 8.61 Å². The van der Waals surface area contributed by atoms with Gasteiger partial charge in [-0.1, -0.05) is 35.9 Å². The van der Waals surface area contributed by atoms with Crippen molar-refractivity contribution in [3.63, 3.8) is 0 Å². The van der Waals surface area contributed by atoms with Crippen molar-refractivity contribution in [2.24, 2.45) is 0 Å². The molecule has 1 heterocycles. The molecule has 0 bridgehead atoms. The van der Waals surface area contributed by atoms with Crippen molar-refractivity contribution >= 4 is 59.9 Å². The minimum absolute atomic E-state index is 0.0721. The zero-order valence-corrected chi connectivity index (χ0v) is 23.4. The molecule has 1 aromatic heterocycles. The van der Waals surface area contributed by atoms with Crippen molar-refractivity contribution in [3.8, 4) is 6.07 Å². The highest BCUT2D eigenvalue weighted by Gasteiger charge is 2.39. The van der Waals surface area contributed by atoms with Crippen molar-refractivity contribution in [2.75, 3.05) is 21.7 Å². The van der Waals surface area contributed by atoms with Crippen LogP contribution in [0.4, 0.5) is 24.7 Å². The number of nitrogens with zero attached hydrogens (tertiary/aromatic N) is 4. The molecule has 16 heteroatoms. The van der Waals surface area contributed by atoms with Gasteiger partial charge < -0.3 is 5.11 Å². The van der Waals surface area contributed by atoms with E-state index in [0.717, 1.165) is 42.6 Å². The van der Waals surface area contributed by atoms with Crippen molar-refractivity contribution in [1.29, 1.82) is 5.26 Å². The summed E-state index contributed by atoms with van der Waals surface area (Å²) < 4.78 is 95.8. The average Bonchev–Trinajstić information content (AvgIpc) is 2.94. The zero-order chi connectivity index (χ0) is 30.9. The standard InChI is InChI=1S/C26H18ClF3N4O6S2/c27-18-7-11-20(12-8-18)41(37,38)33(15-24(35)36)25-22-4-2-1-3-21(22)23(14-32-25)34(16-26(28,29)30)42(39,40)19-9-5-17(13-31)6-10-19/h1-12,14H,15-16H2,(H,35,36). The summed E-state index contributed by atoms with van der Waals surface area (Å²) in [6, 6.07) is 16.1. The molecule has 4 aromatic rings. The van der Waals surface area contributed by atoms with Gasteiger partial charge in [0.05, 0.1) is 33.3 Å². The van der Waals surface area contributed by atoms with Crippen LogP contribution in [0.15, 0.2) is 88.8 Å². The minimum Gasteiger partial charge on any atom is -0.480 e. The predicted molar refractivity (Wildman–Crippen MR) is 147 cm³/mol. The molecule has 0 fully saturated rings. The van der Waals surface area contributed by atoms with Gasteiger partial charge in [-0.25, -0.2) is 26.1 Å². The highest BCUT2D eigenvalue weighted by molar-refractivity contribution is 7.93. The van der Waals surface area contributed by atoms with Gasteiger partial charge in [0, 0.05) is 15.8 Å². The van der Waals surface area contributed by atoms with E-state index in [4.69, 9.17) is 16.9 Å². The van der Waals surface area contributed by atoms with E-state index < -0.39 is 61.7 Å². The van der Waals surface area contributed by atoms with Gasteiger partial charge in [0.1, 0.15) is 13.1 Å². The number of fused-ring (bicyclic) bond motifs is 1. The van der Waals surface area contributed by atoms with Gasteiger partial charge in [0.25, 0.3) is 20.0 Å². The van der Waals surface area contributed by atoms with Gasteiger partial charge in [-0.2, -0.15) is 18.4 Å².